The lowest BCUT2D eigenvalue weighted by Gasteiger charge is -2.52. The lowest BCUT2D eigenvalue weighted by Crippen LogP contribution is -2.56. The van der Waals surface area contributed by atoms with Gasteiger partial charge < -0.3 is 4.74 Å². The number of hydrogen-bond donors (Lipinski definition) is 0. The van der Waals surface area contributed by atoms with Crippen molar-refractivity contribution in [1.82, 2.24) is 0 Å². The molecule has 0 saturated heterocycles. The second kappa shape index (κ2) is 5.24. The van der Waals surface area contributed by atoms with Crippen LogP contribution in [0.3, 0.4) is 0 Å². The molecular weight excluding hydrogens is 272 g/mol. The fraction of sp³-hybridized carbons (Fsp3) is 0.950. The molecule has 5 atom stereocenters. The van der Waals surface area contributed by atoms with Gasteiger partial charge >= 0.3 is 5.97 Å². The molecule has 0 aromatic heterocycles. The third-order valence-electron chi connectivity index (χ3n) is 7.24. The van der Waals surface area contributed by atoms with Crippen LogP contribution < -0.4 is 0 Å². The number of carbonyl (C=O) groups is 1. The van der Waals surface area contributed by atoms with Crippen LogP contribution in [0.4, 0.5) is 0 Å². The smallest absolute Gasteiger partial charge is 0.309 e. The summed E-state index contributed by atoms with van der Waals surface area (Å²) in [6.07, 6.45) is 5.68. The van der Waals surface area contributed by atoms with Crippen molar-refractivity contribution in [2.24, 2.45) is 28.1 Å². The number of hydrogen-bond acceptors (Lipinski definition) is 2. The average molecular weight is 309 g/mol. The Morgan fingerprint density at radius 2 is 1.86 bits per heavy atom. The molecule has 0 heterocycles. The van der Waals surface area contributed by atoms with Gasteiger partial charge in [0.1, 0.15) is 5.60 Å². The Hall–Kier alpha value is -0.530. The molecule has 2 bridgehead atoms. The Kier molecular flexibility index (Phi) is 4.25. The zero-order chi connectivity index (χ0) is 17.0. The zero-order valence-corrected chi connectivity index (χ0v) is 16.0. The Bertz CT molecular complexity index is 449. The highest BCUT2D eigenvalue weighted by Gasteiger charge is 2.70. The predicted octanol–water partition coefficient (Wildman–Crippen LogP) is 5.60. The third kappa shape index (κ3) is 2.51. The molecule has 2 heteroatoms. The minimum absolute atomic E-state index is 0.00544. The molecule has 0 aromatic rings. The van der Waals surface area contributed by atoms with Crippen molar-refractivity contribution in [2.75, 3.05) is 0 Å². The van der Waals surface area contributed by atoms with E-state index in [0.29, 0.717) is 5.92 Å². The first-order chi connectivity index (χ1) is 9.88. The maximum Gasteiger partial charge on any atom is 0.309 e. The zero-order valence-electron chi connectivity index (χ0n) is 16.0. The summed E-state index contributed by atoms with van der Waals surface area (Å²) in [5.41, 5.74) is 0.115. The van der Waals surface area contributed by atoms with Crippen LogP contribution in [-0.2, 0) is 9.53 Å². The van der Waals surface area contributed by atoms with E-state index in [9.17, 15) is 4.79 Å². The summed E-state index contributed by atoms with van der Waals surface area (Å²) in [5, 5.41) is 0. The molecule has 2 aliphatic rings. The first kappa shape index (κ1) is 17.8. The van der Waals surface area contributed by atoms with Gasteiger partial charge in [-0.15, -0.1) is 0 Å². The summed E-state index contributed by atoms with van der Waals surface area (Å²) in [6.45, 7) is 17.8. The van der Waals surface area contributed by atoms with Crippen molar-refractivity contribution in [3.8, 4) is 0 Å². The van der Waals surface area contributed by atoms with Crippen LogP contribution in [0.5, 0.6) is 0 Å². The average Bonchev–Trinajstić information content (AvgIpc) is 2.84. The van der Waals surface area contributed by atoms with Gasteiger partial charge in [-0.1, -0.05) is 48.5 Å². The molecule has 2 nitrogen and oxygen atoms in total. The van der Waals surface area contributed by atoms with E-state index in [1.54, 1.807) is 0 Å². The maximum absolute atomic E-state index is 12.8. The van der Waals surface area contributed by atoms with Gasteiger partial charge in [-0.2, -0.15) is 0 Å². The Morgan fingerprint density at radius 3 is 2.36 bits per heavy atom. The SMILES string of the molecule is CCC1(C)C2CCC(C)(C2)C1(C)OC(=O)C(C)CC(C)(C)C. The van der Waals surface area contributed by atoms with Crippen molar-refractivity contribution in [3.63, 3.8) is 0 Å². The van der Waals surface area contributed by atoms with Gasteiger partial charge in [0.2, 0.25) is 0 Å². The van der Waals surface area contributed by atoms with E-state index in [0.717, 1.165) is 12.8 Å². The van der Waals surface area contributed by atoms with E-state index in [4.69, 9.17) is 4.74 Å². The van der Waals surface area contributed by atoms with Crippen LogP contribution in [-0.4, -0.2) is 11.6 Å². The summed E-state index contributed by atoms with van der Waals surface area (Å²) in [5.74, 6) is 0.685. The van der Waals surface area contributed by atoms with Crippen molar-refractivity contribution in [3.05, 3.63) is 0 Å². The topological polar surface area (TPSA) is 26.3 Å². The van der Waals surface area contributed by atoms with Crippen LogP contribution in [0.25, 0.3) is 0 Å². The van der Waals surface area contributed by atoms with Crippen LogP contribution >= 0.6 is 0 Å². The maximum atomic E-state index is 12.8. The number of carbonyl (C=O) groups excluding carboxylic acids is 1. The van der Waals surface area contributed by atoms with E-state index >= 15 is 0 Å². The number of fused-ring (bicyclic) bond motifs is 2. The molecule has 128 valence electrons. The van der Waals surface area contributed by atoms with Gasteiger partial charge in [-0.05, 0) is 50.4 Å². The molecule has 2 rings (SSSR count). The first-order valence-corrected chi connectivity index (χ1v) is 9.11. The number of rotatable bonds is 4. The van der Waals surface area contributed by atoms with E-state index in [-0.39, 0.29) is 33.7 Å². The molecule has 0 radical (unpaired) electrons. The highest BCUT2D eigenvalue weighted by Crippen LogP contribution is 2.70. The van der Waals surface area contributed by atoms with Gasteiger partial charge in [0.15, 0.2) is 0 Å². The van der Waals surface area contributed by atoms with Crippen LogP contribution in [0.1, 0.15) is 87.5 Å². The van der Waals surface area contributed by atoms with Crippen LogP contribution in [0.15, 0.2) is 0 Å². The standard InChI is InChI=1S/C20H36O2/c1-9-19(7)15-10-11-18(6,13-15)20(19,8)22-16(21)14(2)12-17(3,4)5/h14-15H,9-13H2,1-8H3. The van der Waals surface area contributed by atoms with Crippen LogP contribution in [0.2, 0.25) is 0 Å². The minimum Gasteiger partial charge on any atom is -0.458 e. The molecule has 2 aliphatic carbocycles. The largest absolute Gasteiger partial charge is 0.458 e. The van der Waals surface area contributed by atoms with Gasteiger partial charge in [0, 0.05) is 10.8 Å². The highest BCUT2D eigenvalue weighted by molar-refractivity contribution is 5.73. The van der Waals surface area contributed by atoms with E-state index < -0.39 is 0 Å². The van der Waals surface area contributed by atoms with Gasteiger partial charge in [-0.25, -0.2) is 0 Å². The fourth-order valence-corrected chi connectivity index (χ4v) is 5.47. The first-order valence-electron chi connectivity index (χ1n) is 9.11. The Labute approximate surface area is 137 Å². The number of ether oxygens (including phenoxy) is 1. The third-order valence-corrected chi connectivity index (χ3v) is 7.24. The molecular formula is C20H36O2. The second-order valence-corrected chi connectivity index (χ2v) is 9.89. The molecule has 0 aromatic carbocycles. The molecule has 0 amide bonds. The summed E-state index contributed by atoms with van der Waals surface area (Å²) in [7, 11) is 0. The minimum atomic E-state index is -0.319. The Balaban J connectivity index is 2.21. The van der Waals surface area contributed by atoms with E-state index in [1.165, 1.54) is 19.3 Å². The molecule has 0 aliphatic heterocycles. The fourth-order valence-electron chi connectivity index (χ4n) is 5.47. The summed E-state index contributed by atoms with van der Waals surface area (Å²) in [4.78, 5) is 12.8. The predicted molar refractivity (Wildman–Crippen MR) is 91.6 cm³/mol. The molecule has 0 spiro atoms. The van der Waals surface area contributed by atoms with Gasteiger partial charge in [0.05, 0.1) is 5.92 Å². The number of esters is 1. The van der Waals surface area contributed by atoms with Crippen molar-refractivity contribution in [2.45, 2.75) is 93.1 Å². The lowest BCUT2D eigenvalue weighted by molar-refractivity contribution is -0.201. The lowest BCUT2D eigenvalue weighted by atomic mass is 9.59. The molecule has 22 heavy (non-hydrogen) atoms. The monoisotopic (exact) mass is 308 g/mol. The van der Waals surface area contributed by atoms with Crippen LogP contribution in [0, 0.1) is 28.1 Å². The quantitative estimate of drug-likeness (QED) is 0.632. The highest BCUT2D eigenvalue weighted by atomic mass is 16.6. The van der Waals surface area contributed by atoms with E-state index in [1.807, 2.05) is 6.92 Å². The van der Waals surface area contributed by atoms with Crippen molar-refractivity contribution in [1.29, 1.82) is 0 Å². The van der Waals surface area contributed by atoms with Crippen molar-refractivity contribution >= 4 is 5.97 Å². The molecule has 5 unspecified atom stereocenters. The Morgan fingerprint density at radius 1 is 1.27 bits per heavy atom. The van der Waals surface area contributed by atoms with E-state index in [2.05, 4.69) is 48.5 Å². The van der Waals surface area contributed by atoms with Gasteiger partial charge in [0.25, 0.3) is 0 Å². The van der Waals surface area contributed by atoms with Gasteiger partial charge in [-0.3, -0.25) is 4.79 Å². The van der Waals surface area contributed by atoms with Crippen molar-refractivity contribution < 1.29 is 9.53 Å². The molecule has 2 fully saturated rings. The second-order valence-electron chi connectivity index (χ2n) is 9.89. The summed E-state index contributed by atoms with van der Waals surface area (Å²) >= 11 is 0. The molecule has 2 saturated carbocycles. The normalized spacial score (nSPS) is 42.5. The summed E-state index contributed by atoms with van der Waals surface area (Å²) < 4.78 is 6.31. The summed E-state index contributed by atoms with van der Waals surface area (Å²) in [6, 6.07) is 0. The molecule has 0 N–H and O–H groups in total.